The number of hydrogen-bond donors (Lipinski definition) is 2. The molecule has 3 N–H and O–H groups in total. The summed E-state index contributed by atoms with van der Waals surface area (Å²) in [4.78, 5) is 0.225. The molecule has 0 radical (unpaired) electrons. The predicted octanol–water partition coefficient (Wildman–Crippen LogP) is 1.90. The van der Waals surface area contributed by atoms with Gasteiger partial charge in [-0.05, 0) is 43.5 Å². The van der Waals surface area contributed by atoms with Gasteiger partial charge in [-0.15, -0.1) is 0 Å². The van der Waals surface area contributed by atoms with Gasteiger partial charge in [0.1, 0.15) is 0 Å². The molecule has 0 fully saturated rings. The lowest BCUT2D eigenvalue weighted by atomic mass is 10.1. The van der Waals surface area contributed by atoms with Crippen LogP contribution in [0.5, 0.6) is 0 Å². The summed E-state index contributed by atoms with van der Waals surface area (Å²) in [6.07, 6.45) is 0. The molecule has 0 bridgehead atoms. The molecule has 1 rings (SSSR count). The van der Waals surface area contributed by atoms with E-state index in [0.717, 1.165) is 5.56 Å². The minimum absolute atomic E-state index is 0.110. The number of aryl methyl sites for hydroxylation is 1. The van der Waals surface area contributed by atoms with E-state index in [1.165, 1.54) is 6.07 Å². The first-order valence-corrected chi connectivity index (χ1v) is 7.10. The second-order valence-corrected chi connectivity index (χ2v) is 6.45. The summed E-state index contributed by atoms with van der Waals surface area (Å²) < 4.78 is 26.8. The van der Waals surface area contributed by atoms with Gasteiger partial charge in [-0.3, -0.25) is 0 Å². The summed E-state index contributed by atoms with van der Waals surface area (Å²) in [5.74, 6) is 0.243. The quantitative estimate of drug-likeness (QED) is 0.808. The van der Waals surface area contributed by atoms with Crippen molar-refractivity contribution < 1.29 is 8.42 Å². The maximum Gasteiger partial charge on any atom is 0.240 e. The Bertz CT molecular complexity index is 475. The molecule has 96 valence electrons. The summed E-state index contributed by atoms with van der Waals surface area (Å²) in [5, 5.41) is 0. The maximum absolute atomic E-state index is 12.1. The third-order valence-electron chi connectivity index (χ3n) is 2.72. The second-order valence-electron chi connectivity index (χ2n) is 4.73. The average molecular weight is 256 g/mol. The highest BCUT2D eigenvalue weighted by molar-refractivity contribution is 7.89. The van der Waals surface area contributed by atoms with Crippen LogP contribution < -0.4 is 10.5 Å². The van der Waals surface area contributed by atoms with Gasteiger partial charge in [0.25, 0.3) is 0 Å². The third-order valence-corrected chi connectivity index (χ3v) is 4.26. The summed E-state index contributed by atoms with van der Waals surface area (Å²) in [7, 11) is -3.48. The van der Waals surface area contributed by atoms with Gasteiger partial charge in [0.05, 0.1) is 4.90 Å². The predicted molar refractivity (Wildman–Crippen MR) is 70.2 cm³/mol. The number of hydrogen-bond acceptors (Lipinski definition) is 3. The highest BCUT2D eigenvalue weighted by Gasteiger charge is 2.19. The summed E-state index contributed by atoms with van der Waals surface area (Å²) in [6, 6.07) is 4.72. The Balaban J connectivity index is 3.05. The SMILES string of the molecule is Cc1cc(N)cc(S(=O)(=O)NC(C)C(C)C)c1. The van der Waals surface area contributed by atoms with Crippen molar-refractivity contribution in [2.24, 2.45) is 5.92 Å². The molecule has 1 unspecified atom stereocenters. The van der Waals surface area contributed by atoms with Gasteiger partial charge in [0, 0.05) is 11.7 Å². The van der Waals surface area contributed by atoms with E-state index >= 15 is 0 Å². The van der Waals surface area contributed by atoms with Crippen LogP contribution in [0, 0.1) is 12.8 Å². The van der Waals surface area contributed by atoms with E-state index in [2.05, 4.69) is 4.72 Å². The molecule has 0 saturated carbocycles. The number of nitrogen functional groups attached to an aromatic ring is 1. The van der Waals surface area contributed by atoms with Crippen LogP contribution in [0.2, 0.25) is 0 Å². The van der Waals surface area contributed by atoms with Crippen molar-refractivity contribution in [2.75, 3.05) is 5.73 Å². The fraction of sp³-hybridized carbons (Fsp3) is 0.500. The normalized spacial score (nSPS) is 13.9. The first-order chi connectivity index (χ1) is 7.72. The van der Waals surface area contributed by atoms with Crippen LogP contribution >= 0.6 is 0 Å². The van der Waals surface area contributed by atoms with Gasteiger partial charge in [0.2, 0.25) is 10.0 Å². The first-order valence-electron chi connectivity index (χ1n) is 5.62. The molecule has 1 aromatic carbocycles. The minimum atomic E-state index is -3.48. The zero-order chi connectivity index (χ0) is 13.2. The van der Waals surface area contributed by atoms with Gasteiger partial charge in [0.15, 0.2) is 0 Å². The monoisotopic (exact) mass is 256 g/mol. The minimum Gasteiger partial charge on any atom is -0.399 e. The van der Waals surface area contributed by atoms with Crippen molar-refractivity contribution in [1.82, 2.24) is 4.72 Å². The Hall–Kier alpha value is -1.07. The molecule has 0 heterocycles. The number of anilines is 1. The van der Waals surface area contributed by atoms with Gasteiger partial charge in [-0.2, -0.15) is 0 Å². The number of nitrogens with two attached hydrogens (primary N) is 1. The fourth-order valence-electron chi connectivity index (χ4n) is 1.38. The molecule has 1 aromatic rings. The largest absolute Gasteiger partial charge is 0.399 e. The standard InChI is InChI=1S/C12H20N2O2S/c1-8(2)10(4)14-17(15,16)12-6-9(3)5-11(13)7-12/h5-8,10,14H,13H2,1-4H3. The van der Waals surface area contributed by atoms with Crippen molar-refractivity contribution in [3.63, 3.8) is 0 Å². The molecule has 0 aliphatic heterocycles. The van der Waals surface area contributed by atoms with Crippen molar-refractivity contribution in [1.29, 1.82) is 0 Å². The molecular formula is C12H20N2O2S. The summed E-state index contributed by atoms with van der Waals surface area (Å²) in [5.41, 5.74) is 6.95. The number of benzene rings is 1. The van der Waals surface area contributed by atoms with Crippen LogP contribution in [0.15, 0.2) is 23.1 Å². The molecule has 0 aromatic heterocycles. The lowest BCUT2D eigenvalue weighted by Gasteiger charge is -2.17. The van der Waals surface area contributed by atoms with Gasteiger partial charge < -0.3 is 5.73 Å². The molecule has 0 saturated heterocycles. The molecule has 0 amide bonds. The average Bonchev–Trinajstić information content (AvgIpc) is 2.15. The summed E-state index contributed by atoms with van der Waals surface area (Å²) >= 11 is 0. The van der Waals surface area contributed by atoms with Crippen LogP contribution in [0.3, 0.4) is 0 Å². The van der Waals surface area contributed by atoms with Crippen LogP contribution in [0.1, 0.15) is 26.3 Å². The van der Waals surface area contributed by atoms with Crippen LogP contribution in [0.25, 0.3) is 0 Å². The first kappa shape index (κ1) is 14.0. The van der Waals surface area contributed by atoms with Crippen molar-refractivity contribution in [3.05, 3.63) is 23.8 Å². The van der Waals surface area contributed by atoms with Crippen LogP contribution in [0.4, 0.5) is 5.69 Å². The lowest BCUT2D eigenvalue weighted by Crippen LogP contribution is -2.36. The van der Waals surface area contributed by atoms with Crippen molar-refractivity contribution in [3.8, 4) is 0 Å². The molecule has 0 aliphatic carbocycles. The molecule has 0 spiro atoms. The lowest BCUT2D eigenvalue weighted by molar-refractivity contribution is 0.476. The molecule has 17 heavy (non-hydrogen) atoms. The maximum atomic E-state index is 12.1. The highest BCUT2D eigenvalue weighted by Crippen LogP contribution is 2.17. The second kappa shape index (κ2) is 5.06. The third kappa shape index (κ3) is 3.71. The zero-order valence-electron chi connectivity index (χ0n) is 10.7. The topological polar surface area (TPSA) is 72.2 Å². The van der Waals surface area contributed by atoms with E-state index in [0.29, 0.717) is 5.69 Å². The van der Waals surface area contributed by atoms with Gasteiger partial charge in [-0.1, -0.05) is 13.8 Å². The van der Waals surface area contributed by atoms with Gasteiger partial charge in [-0.25, -0.2) is 13.1 Å². The van der Waals surface area contributed by atoms with E-state index in [9.17, 15) is 8.42 Å². The molecular weight excluding hydrogens is 236 g/mol. The van der Waals surface area contributed by atoms with Gasteiger partial charge >= 0.3 is 0 Å². The Morgan fingerprint density at radius 3 is 2.24 bits per heavy atom. The molecule has 4 nitrogen and oxygen atoms in total. The Morgan fingerprint density at radius 1 is 1.18 bits per heavy atom. The van der Waals surface area contributed by atoms with Crippen molar-refractivity contribution >= 4 is 15.7 Å². The van der Waals surface area contributed by atoms with E-state index < -0.39 is 10.0 Å². The Morgan fingerprint density at radius 2 is 1.76 bits per heavy atom. The van der Waals surface area contributed by atoms with E-state index in [1.54, 1.807) is 12.1 Å². The number of rotatable bonds is 4. The molecule has 0 aliphatic rings. The number of sulfonamides is 1. The van der Waals surface area contributed by atoms with Crippen LogP contribution in [-0.2, 0) is 10.0 Å². The van der Waals surface area contributed by atoms with E-state index in [1.807, 2.05) is 27.7 Å². The fourth-order valence-corrected chi connectivity index (χ4v) is 2.91. The Labute approximate surface area is 103 Å². The Kier molecular flexibility index (Phi) is 4.16. The highest BCUT2D eigenvalue weighted by atomic mass is 32.2. The van der Waals surface area contributed by atoms with E-state index in [-0.39, 0.29) is 16.9 Å². The molecule has 5 heteroatoms. The zero-order valence-corrected chi connectivity index (χ0v) is 11.5. The van der Waals surface area contributed by atoms with E-state index in [4.69, 9.17) is 5.73 Å². The number of nitrogens with one attached hydrogen (secondary N) is 1. The van der Waals surface area contributed by atoms with Crippen LogP contribution in [-0.4, -0.2) is 14.5 Å². The summed E-state index contributed by atoms with van der Waals surface area (Å²) in [6.45, 7) is 7.61. The smallest absolute Gasteiger partial charge is 0.240 e. The van der Waals surface area contributed by atoms with Crippen molar-refractivity contribution in [2.45, 2.75) is 38.6 Å². The molecule has 1 atom stereocenters.